The van der Waals surface area contributed by atoms with Gasteiger partial charge in [0.2, 0.25) is 5.91 Å². The minimum absolute atomic E-state index is 0.00437. The number of hydrogen-bond acceptors (Lipinski definition) is 7. The highest BCUT2D eigenvalue weighted by atomic mass is 32.2. The van der Waals surface area contributed by atoms with Crippen LogP contribution in [0.15, 0.2) is 53.4 Å². The molecule has 2 heterocycles. The molecule has 0 bridgehead atoms. The van der Waals surface area contributed by atoms with E-state index < -0.39 is 12.1 Å². The maximum atomic E-state index is 13.4. The van der Waals surface area contributed by atoms with Gasteiger partial charge in [-0.3, -0.25) is 14.5 Å². The summed E-state index contributed by atoms with van der Waals surface area (Å²) in [5.74, 6) is 1.79. The van der Waals surface area contributed by atoms with Gasteiger partial charge in [0.1, 0.15) is 5.75 Å². The van der Waals surface area contributed by atoms with Crippen LogP contribution in [0.3, 0.4) is 0 Å². The van der Waals surface area contributed by atoms with Crippen LogP contribution in [0.25, 0.3) is 0 Å². The summed E-state index contributed by atoms with van der Waals surface area (Å²) in [7, 11) is 0. The fourth-order valence-corrected chi connectivity index (χ4v) is 7.90. The molecule has 2 amide bonds. The lowest BCUT2D eigenvalue weighted by atomic mass is 9.89. The molecule has 7 nitrogen and oxygen atoms in total. The summed E-state index contributed by atoms with van der Waals surface area (Å²) >= 11 is 3.53. The second kappa shape index (κ2) is 13.0. The average Bonchev–Trinajstić information content (AvgIpc) is 3.34. The fourth-order valence-electron chi connectivity index (χ4n) is 5.32. The Hall–Kier alpha value is -2.20. The molecular weight excluding hydrogens is 530 g/mol. The number of piperidine rings is 1. The molecule has 2 aliphatic heterocycles. The summed E-state index contributed by atoms with van der Waals surface area (Å²) < 4.78 is 0. The monoisotopic (exact) mass is 571 g/mol. The van der Waals surface area contributed by atoms with Crippen LogP contribution >= 0.6 is 23.5 Å². The number of carbonyl (C=O) groups is 2. The molecule has 2 aromatic rings. The van der Waals surface area contributed by atoms with E-state index in [0.29, 0.717) is 28.0 Å². The summed E-state index contributed by atoms with van der Waals surface area (Å²) in [5.41, 5.74) is 0.532. The van der Waals surface area contributed by atoms with E-state index >= 15 is 0 Å². The summed E-state index contributed by atoms with van der Waals surface area (Å²) in [6, 6.07) is 13.9. The molecule has 0 aromatic heterocycles. The van der Waals surface area contributed by atoms with Gasteiger partial charge in [-0.25, -0.2) is 0 Å². The molecular formula is C30H41N3O4S2. The predicted octanol–water partition coefficient (Wildman–Crippen LogP) is 4.06. The van der Waals surface area contributed by atoms with Gasteiger partial charge in [0.05, 0.1) is 18.2 Å². The van der Waals surface area contributed by atoms with Gasteiger partial charge in [0.25, 0.3) is 5.91 Å². The topological polar surface area (TPSA) is 102 Å². The van der Waals surface area contributed by atoms with Crippen LogP contribution in [0.4, 0.5) is 0 Å². The number of hydrogen-bond donors (Lipinski definition) is 4. The van der Waals surface area contributed by atoms with Crippen molar-refractivity contribution in [1.29, 1.82) is 0 Å². The number of benzene rings is 2. The van der Waals surface area contributed by atoms with Crippen LogP contribution in [0.5, 0.6) is 5.75 Å². The van der Waals surface area contributed by atoms with Crippen molar-refractivity contribution in [2.24, 2.45) is 5.92 Å². The van der Waals surface area contributed by atoms with E-state index in [9.17, 15) is 19.8 Å². The van der Waals surface area contributed by atoms with Crippen molar-refractivity contribution in [3.63, 3.8) is 0 Å². The van der Waals surface area contributed by atoms with Crippen LogP contribution in [-0.4, -0.2) is 80.5 Å². The first-order valence-electron chi connectivity index (χ1n) is 13.6. The minimum Gasteiger partial charge on any atom is -0.508 e. The Morgan fingerprint density at radius 1 is 1.15 bits per heavy atom. The molecule has 2 aromatic carbocycles. The number of fused-ring (bicyclic) bond motifs is 1. The number of aliphatic hydroxyl groups excluding tert-OH is 1. The Labute approximate surface area is 240 Å². The molecule has 2 fully saturated rings. The Morgan fingerprint density at radius 2 is 1.90 bits per heavy atom. The first kappa shape index (κ1) is 29.8. The molecule has 0 aliphatic carbocycles. The smallest absolute Gasteiger partial charge is 0.252 e. The Balaban J connectivity index is 1.53. The number of rotatable bonds is 9. The number of likely N-dealkylation sites (tertiary alicyclic amines) is 1. The third kappa shape index (κ3) is 7.93. The van der Waals surface area contributed by atoms with Crippen LogP contribution in [0.1, 0.15) is 49.5 Å². The molecule has 39 heavy (non-hydrogen) atoms. The third-order valence-corrected chi connectivity index (χ3v) is 10.0. The largest absolute Gasteiger partial charge is 0.508 e. The molecule has 2 saturated heterocycles. The molecule has 0 saturated carbocycles. The number of amides is 2. The Bertz CT molecular complexity index is 1140. The van der Waals surface area contributed by atoms with E-state index in [0.717, 1.165) is 30.0 Å². The lowest BCUT2D eigenvalue weighted by Gasteiger charge is -2.43. The molecule has 5 atom stereocenters. The number of aliphatic hydroxyl groups is 1. The SMILES string of the molecule is Cc1c(O)cccc1C(=O)NC(CSc1ccccc1)C(O)CN1CC2CCSC2CC1C(=O)NC(C)(C)C. The number of aromatic hydroxyl groups is 1. The van der Waals surface area contributed by atoms with Crippen molar-refractivity contribution < 1.29 is 19.8 Å². The van der Waals surface area contributed by atoms with Crippen molar-refractivity contribution >= 4 is 35.3 Å². The maximum absolute atomic E-state index is 13.4. The second-order valence-electron chi connectivity index (χ2n) is 11.6. The predicted molar refractivity (Wildman–Crippen MR) is 159 cm³/mol. The lowest BCUT2D eigenvalue weighted by molar-refractivity contribution is -0.130. The van der Waals surface area contributed by atoms with Gasteiger partial charge < -0.3 is 20.8 Å². The first-order valence-corrected chi connectivity index (χ1v) is 15.7. The molecule has 9 heteroatoms. The zero-order chi connectivity index (χ0) is 28.2. The quantitative estimate of drug-likeness (QED) is 0.337. The lowest BCUT2D eigenvalue weighted by Crippen LogP contribution is -2.60. The Morgan fingerprint density at radius 3 is 2.62 bits per heavy atom. The van der Waals surface area contributed by atoms with Crippen molar-refractivity contribution in [3.8, 4) is 5.75 Å². The van der Waals surface area contributed by atoms with Crippen molar-refractivity contribution in [2.45, 2.75) is 74.4 Å². The number of nitrogens with one attached hydrogen (secondary N) is 2. The standard InChI is InChI=1S/C30H41N3O4S2/c1-19-22(11-8-12-25(19)34)28(36)31-23(18-39-21-9-6-5-7-10-21)26(35)17-33-16-20-13-14-38-27(20)15-24(33)29(37)32-30(2,3)4/h5-12,20,23-24,26-27,34-35H,13-18H2,1-4H3,(H,31,36)(H,32,37). The zero-order valence-corrected chi connectivity index (χ0v) is 24.9. The second-order valence-corrected chi connectivity index (χ2v) is 14.1. The summed E-state index contributed by atoms with van der Waals surface area (Å²) in [4.78, 5) is 29.8. The van der Waals surface area contributed by atoms with Gasteiger partial charge in [0, 0.05) is 45.7 Å². The number of thioether (sulfide) groups is 2. The molecule has 0 spiro atoms. The highest BCUT2D eigenvalue weighted by Crippen LogP contribution is 2.40. The third-order valence-electron chi connectivity index (χ3n) is 7.44. The molecule has 5 unspecified atom stereocenters. The van der Waals surface area contributed by atoms with E-state index in [1.165, 1.54) is 0 Å². The molecule has 4 rings (SSSR count). The fraction of sp³-hybridized carbons (Fsp3) is 0.533. The summed E-state index contributed by atoms with van der Waals surface area (Å²) in [6.45, 7) is 8.70. The minimum atomic E-state index is -0.890. The van der Waals surface area contributed by atoms with Gasteiger partial charge in [-0.1, -0.05) is 24.3 Å². The van der Waals surface area contributed by atoms with Gasteiger partial charge in [-0.15, -0.1) is 11.8 Å². The number of β-amino-alcohol motifs (C(OH)–C–C–N with tert-alkyl or cyclic N) is 1. The maximum Gasteiger partial charge on any atom is 0.252 e. The van der Waals surface area contributed by atoms with Gasteiger partial charge in [0.15, 0.2) is 0 Å². The number of phenols is 1. The van der Waals surface area contributed by atoms with Gasteiger partial charge in [-0.2, -0.15) is 11.8 Å². The molecule has 212 valence electrons. The average molecular weight is 572 g/mol. The number of nitrogens with zero attached hydrogens (tertiary/aromatic N) is 1. The highest BCUT2D eigenvalue weighted by molar-refractivity contribution is 8.00. The summed E-state index contributed by atoms with van der Waals surface area (Å²) in [5, 5.41) is 28.3. The van der Waals surface area contributed by atoms with Crippen LogP contribution in [-0.2, 0) is 4.79 Å². The van der Waals surface area contributed by atoms with E-state index in [1.54, 1.807) is 36.9 Å². The molecule has 0 radical (unpaired) electrons. The van der Waals surface area contributed by atoms with Gasteiger partial charge in [-0.05, 0) is 76.5 Å². The highest BCUT2D eigenvalue weighted by Gasteiger charge is 2.43. The van der Waals surface area contributed by atoms with Crippen molar-refractivity contribution in [3.05, 3.63) is 59.7 Å². The van der Waals surface area contributed by atoms with E-state index in [2.05, 4.69) is 15.5 Å². The normalized spacial score (nSPS) is 23.1. The Kier molecular flexibility index (Phi) is 9.91. The first-order chi connectivity index (χ1) is 18.5. The molecule has 2 aliphatic rings. The molecule has 4 N–H and O–H groups in total. The van der Waals surface area contributed by atoms with Crippen molar-refractivity contribution in [1.82, 2.24) is 15.5 Å². The van der Waals surface area contributed by atoms with E-state index in [1.807, 2.05) is 62.9 Å². The summed E-state index contributed by atoms with van der Waals surface area (Å²) in [6.07, 6.45) is 0.997. The zero-order valence-electron chi connectivity index (χ0n) is 23.2. The van der Waals surface area contributed by atoms with Crippen LogP contribution < -0.4 is 10.6 Å². The van der Waals surface area contributed by atoms with E-state index in [-0.39, 0.29) is 35.7 Å². The number of phenolic OH excluding ortho intramolecular Hbond substituents is 1. The van der Waals surface area contributed by atoms with Gasteiger partial charge >= 0.3 is 0 Å². The van der Waals surface area contributed by atoms with E-state index in [4.69, 9.17) is 0 Å². The number of carbonyl (C=O) groups excluding carboxylic acids is 2. The van der Waals surface area contributed by atoms with Crippen molar-refractivity contribution in [2.75, 3.05) is 24.6 Å². The van der Waals surface area contributed by atoms with Crippen LogP contribution in [0, 0.1) is 12.8 Å². The van der Waals surface area contributed by atoms with Crippen LogP contribution in [0.2, 0.25) is 0 Å².